The molecule has 2 aromatic carbocycles. The van der Waals surface area contributed by atoms with Crippen molar-refractivity contribution < 1.29 is 5.11 Å². The summed E-state index contributed by atoms with van der Waals surface area (Å²) in [6, 6.07) is 14.7. The van der Waals surface area contributed by atoms with Gasteiger partial charge in [0.2, 0.25) is 0 Å². The van der Waals surface area contributed by atoms with Gasteiger partial charge in [-0.05, 0) is 57.3 Å². The van der Waals surface area contributed by atoms with Gasteiger partial charge in [-0.15, -0.1) is 0 Å². The summed E-state index contributed by atoms with van der Waals surface area (Å²) in [6.45, 7) is 3.81. The van der Waals surface area contributed by atoms with Crippen LogP contribution in [0.3, 0.4) is 0 Å². The molecule has 128 valence electrons. The van der Waals surface area contributed by atoms with Crippen LogP contribution in [0, 0.1) is 6.92 Å². The van der Waals surface area contributed by atoms with E-state index in [0.29, 0.717) is 5.75 Å². The third-order valence-electron chi connectivity index (χ3n) is 4.78. The number of rotatable bonds is 3. The lowest BCUT2D eigenvalue weighted by atomic mass is 10.1. The fourth-order valence-electron chi connectivity index (χ4n) is 3.57. The molecule has 1 aromatic heterocycles. The molecule has 0 spiro atoms. The van der Waals surface area contributed by atoms with E-state index in [1.165, 1.54) is 5.56 Å². The smallest absolute Gasteiger partial charge is 0.140 e. The van der Waals surface area contributed by atoms with E-state index in [1.807, 2.05) is 25.1 Å². The van der Waals surface area contributed by atoms with E-state index in [9.17, 15) is 5.11 Å². The van der Waals surface area contributed by atoms with Crippen LogP contribution in [0.2, 0.25) is 0 Å². The van der Waals surface area contributed by atoms with Gasteiger partial charge in [-0.1, -0.05) is 23.8 Å². The van der Waals surface area contributed by atoms with Gasteiger partial charge in [-0.3, -0.25) is 0 Å². The lowest BCUT2D eigenvalue weighted by Gasteiger charge is -2.20. The van der Waals surface area contributed by atoms with Crippen LogP contribution in [-0.4, -0.2) is 35.6 Å². The SMILES string of the molecule is Cc1ccc2nc3c(c(O)c2c1)CCN3c1ccc(CN(C)C)cc1. The van der Waals surface area contributed by atoms with Crippen molar-refractivity contribution >= 4 is 22.4 Å². The predicted octanol–water partition coefficient (Wildman–Crippen LogP) is 4.00. The topological polar surface area (TPSA) is 39.6 Å². The molecule has 0 radical (unpaired) electrons. The second-order valence-corrected chi connectivity index (χ2v) is 7.09. The molecule has 3 aromatic rings. The van der Waals surface area contributed by atoms with E-state index < -0.39 is 0 Å². The maximum Gasteiger partial charge on any atom is 0.140 e. The number of aromatic hydroxyl groups is 1. The van der Waals surface area contributed by atoms with Gasteiger partial charge in [0.15, 0.2) is 0 Å². The molecule has 4 heteroatoms. The van der Waals surface area contributed by atoms with Crippen LogP contribution in [0.4, 0.5) is 11.5 Å². The highest BCUT2D eigenvalue weighted by molar-refractivity contribution is 5.91. The Labute approximate surface area is 148 Å². The third kappa shape index (κ3) is 2.83. The molecule has 1 N–H and O–H groups in total. The Kier molecular flexibility index (Phi) is 3.85. The summed E-state index contributed by atoms with van der Waals surface area (Å²) < 4.78 is 0. The van der Waals surface area contributed by atoms with Gasteiger partial charge < -0.3 is 14.9 Å². The van der Waals surface area contributed by atoms with Gasteiger partial charge >= 0.3 is 0 Å². The maximum atomic E-state index is 10.7. The first-order chi connectivity index (χ1) is 12.0. The molecule has 0 fully saturated rings. The zero-order chi connectivity index (χ0) is 17.6. The summed E-state index contributed by atoms with van der Waals surface area (Å²) in [5, 5.41) is 11.6. The van der Waals surface area contributed by atoms with Crippen molar-refractivity contribution in [2.75, 3.05) is 25.5 Å². The van der Waals surface area contributed by atoms with Crippen molar-refractivity contribution in [2.24, 2.45) is 0 Å². The molecule has 2 heterocycles. The van der Waals surface area contributed by atoms with Crippen molar-refractivity contribution in [3.8, 4) is 5.75 Å². The summed E-state index contributed by atoms with van der Waals surface area (Å²) >= 11 is 0. The minimum Gasteiger partial charge on any atom is -0.507 e. The molecule has 0 atom stereocenters. The molecule has 0 amide bonds. The normalized spacial score (nSPS) is 13.7. The number of aromatic nitrogens is 1. The second-order valence-electron chi connectivity index (χ2n) is 7.09. The van der Waals surface area contributed by atoms with Gasteiger partial charge in [-0.2, -0.15) is 0 Å². The van der Waals surface area contributed by atoms with Gasteiger partial charge in [0.05, 0.1) is 5.52 Å². The van der Waals surface area contributed by atoms with Crippen LogP contribution in [0.5, 0.6) is 5.75 Å². The fourth-order valence-corrected chi connectivity index (χ4v) is 3.57. The van der Waals surface area contributed by atoms with Crippen LogP contribution in [0.25, 0.3) is 10.9 Å². The number of pyridine rings is 1. The average Bonchev–Trinajstić information content (AvgIpc) is 3.00. The highest BCUT2D eigenvalue weighted by Gasteiger charge is 2.26. The van der Waals surface area contributed by atoms with Gasteiger partial charge in [0.1, 0.15) is 11.6 Å². The molecule has 4 nitrogen and oxygen atoms in total. The van der Waals surface area contributed by atoms with Crippen LogP contribution < -0.4 is 4.90 Å². The zero-order valence-electron chi connectivity index (χ0n) is 15.0. The van der Waals surface area contributed by atoms with E-state index in [0.717, 1.165) is 53.0 Å². The van der Waals surface area contributed by atoms with Crippen LogP contribution in [-0.2, 0) is 13.0 Å². The lowest BCUT2D eigenvalue weighted by Crippen LogP contribution is -2.15. The van der Waals surface area contributed by atoms with E-state index >= 15 is 0 Å². The van der Waals surface area contributed by atoms with E-state index in [2.05, 4.69) is 48.2 Å². The Morgan fingerprint density at radius 1 is 1.12 bits per heavy atom. The highest BCUT2D eigenvalue weighted by atomic mass is 16.3. The summed E-state index contributed by atoms with van der Waals surface area (Å²) in [4.78, 5) is 9.21. The van der Waals surface area contributed by atoms with Gasteiger partial charge in [0.25, 0.3) is 0 Å². The Hall–Kier alpha value is -2.59. The Morgan fingerprint density at radius 3 is 2.60 bits per heavy atom. The third-order valence-corrected chi connectivity index (χ3v) is 4.78. The molecule has 0 unspecified atom stereocenters. The van der Waals surface area contributed by atoms with Gasteiger partial charge in [0, 0.05) is 29.7 Å². The number of nitrogens with zero attached hydrogens (tertiary/aromatic N) is 3. The van der Waals surface area contributed by atoms with Crippen LogP contribution in [0.15, 0.2) is 42.5 Å². The molecule has 4 rings (SSSR count). The summed E-state index contributed by atoms with van der Waals surface area (Å²) in [5.41, 5.74) is 5.35. The Balaban J connectivity index is 1.74. The monoisotopic (exact) mass is 333 g/mol. The van der Waals surface area contributed by atoms with Crippen molar-refractivity contribution in [1.29, 1.82) is 0 Å². The number of hydrogen-bond donors (Lipinski definition) is 1. The quantitative estimate of drug-likeness (QED) is 0.786. The molecule has 0 bridgehead atoms. The molecule has 25 heavy (non-hydrogen) atoms. The first-order valence-corrected chi connectivity index (χ1v) is 8.66. The van der Waals surface area contributed by atoms with E-state index in [4.69, 9.17) is 4.98 Å². The van der Waals surface area contributed by atoms with Crippen molar-refractivity contribution in [1.82, 2.24) is 9.88 Å². The number of anilines is 2. The summed E-state index contributed by atoms with van der Waals surface area (Å²) in [5.74, 6) is 1.27. The van der Waals surface area contributed by atoms with Crippen LogP contribution >= 0.6 is 0 Å². The zero-order valence-corrected chi connectivity index (χ0v) is 15.0. The minimum atomic E-state index is 0.385. The standard InChI is InChI=1S/C21H23N3O/c1-14-4-9-19-18(12-14)20(25)17-10-11-24(21(17)22-19)16-7-5-15(6-8-16)13-23(2)3/h4-9,12H,10-11,13H2,1-3H3,(H,22,25). The molecule has 0 saturated heterocycles. The van der Waals surface area contributed by atoms with Gasteiger partial charge in [-0.25, -0.2) is 4.98 Å². The highest BCUT2D eigenvalue weighted by Crippen LogP contribution is 2.41. The first-order valence-electron chi connectivity index (χ1n) is 8.66. The minimum absolute atomic E-state index is 0.385. The Morgan fingerprint density at radius 2 is 1.88 bits per heavy atom. The first kappa shape index (κ1) is 15.9. The number of aryl methyl sites for hydroxylation is 1. The number of fused-ring (bicyclic) bond motifs is 2. The number of hydrogen-bond acceptors (Lipinski definition) is 4. The molecule has 1 aliphatic heterocycles. The molecule has 1 aliphatic rings. The maximum absolute atomic E-state index is 10.7. The summed E-state index contributed by atoms with van der Waals surface area (Å²) in [6.07, 6.45) is 0.817. The fraction of sp³-hybridized carbons (Fsp3) is 0.286. The number of benzene rings is 2. The average molecular weight is 333 g/mol. The van der Waals surface area contributed by atoms with Crippen molar-refractivity contribution in [3.63, 3.8) is 0 Å². The van der Waals surface area contributed by atoms with Crippen molar-refractivity contribution in [2.45, 2.75) is 19.9 Å². The molecule has 0 aliphatic carbocycles. The van der Waals surface area contributed by atoms with E-state index in [-0.39, 0.29) is 0 Å². The van der Waals surface area contributed by atoms with Crippen LogP contribution in [0.1, 0.15) is 16.7 Å². The Bertz CT molecular complexity index is 932. The lowest BCUT2D eigenvalue weighted by molar-refractivity contribution is 0.402. The van der Waals surface area contributed by atoms with E-state index in [1.54, 1.807) is 0 Å². The predicted molar refractivity (Wildman–Crippen MR) is 103 cm³/mol. The summed E-state index contributed by atoms with van der Waals surface area (Å²) in [7, 11) is 4.15. The second kappa shape index (κ2) is 6.05. The molecule has 0 saturated carbocycles. The molecular formula is C21H23N3O. The largest absolute Gasteiger partial charge is 0.507 e. The van der Waals surface area contributed by atoms with Crippen molar-refractivity contribution in [3.05, 3.63) is 59.2 Å². The molecular weight excluding hydrogens is 310 g/mol.